The van der Waals surface area contributed by atoms with Gasteiger partial charge in [0.05, 0.1) is 7.11 Å². The molecular formula is C18H26N4O3. The summed E-state index contributed by atoms with van der Waals surface area (Å²) in [5, 5.41) is 6.91. The molecule has 2 rings (SSSR count). The average Bonchev–Trinajstić information content (AvgIpc) is 3.12. The van der Waals surface area contributed by atoms with E-state index in [0.29, 0.717) is 31.1 Å². The predicted octanol–water partition coefficient (Wildman–Crippen LogP) is 2.31. The van der Waals surface area contributed by atoms with Crippen LogP contribution >= 0.6 is 0 Å². The summed E-state index contributed by atoms with van der Waals surface area (Å²) in [5.41, 5.74) is 6.53. The van der Waals surface area contributed by atoms with Crippen molar-refractivity contribution in [3.8, 4) is 17.1 Å². The third-order valence-electron chi connectivity index (χ3n) is 3.94. The normalized spacial score (nSPS) is 12.0. The second-order valence-corrected chi connectivity index (χ2v) is 5.88. The molecule has 136 valence electrons. The highest BCUT2D eigenvalue weighted by Gasteiger charge is 2.13. The smallest absolute Gasteiger partial charge is 0.227 e. The second-order valence-electron chi connectivity index (χ2n) is 5.88. The van der Waals surface area contributed by atoms with Crippen LogP contribution in [0.15, 0.2) is 28.8 Å². The van der Waals surface area contributed by atoms with Crippen LogP contribution in [0.1, 0.15) is 38.5 Å². The van der Waals surface area contributed by atoms with Gasteiger partial charge in [-0.3, -0.25) is 4.79 Å². The monoisotopic (exact) mass is 346 g/mol. The Kier molecular flexibility index (Phi) is 7.40. The summed E-state index contributed by atoms with van der Waals surface area (Å²) in [6.07, 6.45) is 3.74. The molecule has 0 saturated carbocycles. The van der Waals surface area contributed by atoms with Crippen LogP contribution < -0.4 is 15.8 Å². The molecule has 1 aromatic heterocycles. The Balaban J connectivity index is 1.85. The van der Waals surface area contributed by atoms with Crippen LogP contribution in [0, 0.1) is 0 Å². The van der Waals surface area contributed by atoms with Crippen molar-refractivity contribution >= 4 is 5.91 Å². The van der Waals surface area contributed by atoms with Crippen molar-refractivity contribution < 1.29 is 14.1 Å². The molecule has 3 N–H and O–H groups in total. The van der Waals surface area contributed by atoms with Gasteiger partial charge >= 0.3 is 0 Å². The van der Waals surface area contributed by atoms with E-state index in [9.17, 15) is 4.79 Å². The van der Waals surface area contributed by atoms with Crippen molar-refractivity contribution in [1.82, 2.24) is 15.5 Å². The number of aromatic nitrogens is 2. The zero-order valence-corrected chi connectivity index (χ0v) is 14.8. The van der Waals surface area contributed by atoms with Crippen LogP contribution in [0.2, 0.25) is 0 Å². The molecule has 0 saturated heterocycles. The van der Waals surface area contributed by atoms with Gasteiger partial charge in [-0.25, -0.2) is 0 Å². The number of hydrogen-bond acceptors (Lipinski definition) is 6. The zero-order valence-electron chi connectivity index (χ0n) is 14.8. The van der Waals surface area contributed by atoms with Crippen molar-refractivity contribution in [2.75, 3.05) is 13.7 Å². The van der Waals surface area contributed by atoms with E-state index in [1.807, 2.05) is 24.3 Å². The molecule has 2 aromatic rings. The highest BCUT2D eigenvalue weighted by Crippen LogP contribution is 2.20. The molecule has 1 atom stereocenters. The van der Waals surface area contributed by atoms with E-state index in [1.165, 1.54) is 0 Å². The van der Waals surface area contributed by atoms with Gasteiger partial charge in [0, 0.05) is 31.0 Å². The first-order valence-corrected chi connectivity index (χ1v) is 8.62. The number of aryl methyl sites for hydroxylation is 1. The summed E-state index contributed by atoms with van der Waals surface area (Å²) in [6.45, 7) is 2.57. The fourth-order valence-electron chi connectivity index (χ4n) is 2.43. The van der Waals surface area contributed by atoms with E-state index < -0.39 is 0 Å². The minimum Gasteiger partial charge on any atom is -0.497 e. The van der Waals surface area contributed by atoms with E-state index >= 15 is 0 Å². The lowest BCUT2D eigenvalue weighted by atomic mass is 10.1. The zero-order chi connectivity index (χ0) is 18.1. The third-order valence-corrected chi connectivity index (χ3v) is 3.94. The summed E-state index contributed by atoms with van der Waals surface area (Å²) in [6, 6.07) is 7.42. The standard InChI is InChI=1S/C18H26N4O3/c1-3-4-5-14(12-19)20-16(23)10-11-17-21-18(22-25-17)13-6-8-15(24-2)9-7-13/h6-9,14H,3-5,10-12,19H2,1-2H3,(H,20,23). The van der Waals surface area contributed by atoms with Gasteiger partial charge < -0.3 is 20.3 Å². The predicted molar refractivity (Wildman–Crippen MR) is 95.1 cm³/mol. The van der Waals surface area contributed by atoms with Gasteiger partial charge in [-0.1, -0.05) is 24.9 Å². The number of methoxy groups -OCH3 is 1. The van der Waals surface area contributed by atoms with Crippen molar-refractivity contribution in [2.24, 2.45) is 5.73 Å². The SMILES string of the molecule is CCCCC(CN)NC(=O)CCc1nc(-c2ccc(OC)cc2)no1. The topological polar surface area (TPSA) is 103 Å². The Morgan fingerprint density at radius 1 is 1.36 bits per heavy atom. The van der Waals surface area contributed by atoms with Crippen LogP contribution in [0.25, 0.3) is 11.4 Å². The molecule has 0 aliphatic heterocycles. The van der Waals surface area contributed by atoms with Gasteiger partial charge in [0.25, 0.3) is 0 Å². The molecule has 0 spiro atoms. The van der Waals surface area contributed by atoms with E-state index in [0.717, 1.165) is 30.6 Å². The maximum Gasteiger partial charge on any atom is 0.227 e. The molecule has 1 unspecified atom stereocenters. The Bertz CT molecular complexity index is 655. The molecule has 7 heteroatoms. The van der Waals surface area contributed by atoms with E-state index in [4.69, 9.17) is 15.0 Å². The molecule has 1 heterocycles. The maximum absolute atomic E-state index is 12.0. The highest BCUT2D eigenvalue weighted by atomic mass is 16.5. The number of rotatable bonds is 10. The average molecular weight is 346 g/mol. The summed E-state index contributed by atoms with van der Waals surface area (Å²) in [7, 11) is 1.62. The Labute approximate surface area is 147 Å². The van der Waals surface area contributed by atoms with Crippen LogP contribution in [-0.4, -0.2) is 35.7 Å². The van der Waals surface area contributed by atoms with Gasteiger partial charge in [-0.2, -0.15) is 4.98 Å². The first kappa shape index (κ1) is 18.9. The summed E-state index contributed by atoms with van der Waals surface area (Å²) in [4.78, 5) is 16.4. The molecule has 0 radical (unpaired) electrons. The molecule has 1 aromatic carbocycles. The van der Waals surface area contributed by atoms with Crippen LogP contribution in [0.5, 0.6) is 5.75 Å². The molecule has 25 heavy (non-hydrogen) atoms. The Hall–Kier alpha value is -2.41. The number of hydrogen-bond donors (Lipinski definition) is 2. The van der Waals surface area contributed by atoms with Gasteiger partial charge in [-0.05, 0) is 30.7 Å². The first-order chi connectivity index (χ1) is 12.2. The number of amides is 1. The van der Waals surface area contributed by atoms with Crippen molar-refractivity contribution in [3.05, 3.63) is 30.2 Å². The molecule has 0 fully saturated rings. The van der Waals surface area contributed by atoms with Crippen LogP contribution in [0.4, 0.5) is 0 Å². The second kappa shape index (κ2) is 9.78. The first-order valence-electron chi connectivity index (χ1n) is 8.62. The molecule has 1 amide bonds. The van der Waals surface area contributed by atoms with Crippen molar-refractivity contribution in [2.45, 2.75) is 45.1 Å². The number of carbonyl (C=O) groups is 1. The number of nitrogens with one attached hydrogen (secondary N) is 1. The lowest BCUT2D eigenvalue weighted by Crippen LogP contribution is -2.40. The molecular weight excluding hydrogens is 320 g/mol. The molecule has 0 aliphatic carbocycles. The van der Waals surface area contributed by atoms with Gasteiger partial charge in [0.1, 0.15) is 5.75 Å². The third kappa shape index (κ3) is 5.86. The number of nitrogens with zero attached hydrogens (tertiary/aromatic N) is 2. The van der Waals surface area contributed by atoms with Crippen LogP contribution in [0.3, 0.4) is 0 Å². The summed E-state index contributed by atoms with van der Waals surface area (Å²) < 4.78 is 10.3. The van der Waals surface area contributed by atoms with E-state index in [1.54, 1.807) is 7.11 Å². The fraction of sp³-hybridized carbons (Fsp3) is 0.500. The number of benzene rings is 1. The summed E-state index contributed by atoms with van der Waals surface area (Å²) in [5.74, 6) is 1.66. The van der Waals surface area contributed by atoms with E-state index in [-0.39, 0.29) is 11.9 Å². The van der Waals surface area contributed by atoms with Gasteiger partial charge in [0.15, 0.2) is 0 Å². The number of ether oxygens (including phenoxy) is 1. The van der Waals surface area contributed by atoms with Crippen LogP contribution in [-0.2, 0) is 11.2 Å². The lowest BCUT2D eigenvalue weighted by molar-refractivity contribution is -0.121. The molecule has 7 nitrogen and oxygen atoms in total. The number of carbonyl (C=O) groups excluding carboxylic acids is 1. The Morgan fingerprint density at radius 2 is 2.12 bits per heavy atom. The number of nitrogens with two attached hydrogens (primary N) is 1. The minimum atomic E-state index is -0.0456. The fourth-order valence-corrected chi connectivity index (χ4v) is 2.43. The minimum absolute atomic E-state index is 0.0324. The molecule has 0 aliphatic rings. The van der Waals surface area contributed by atoms with Crippen molar-refractivity contribution in [3.63, 3.8) is 0 Å². The van der Waals surface area contributed by atoms with Gasteiger partial charge in [-0.15, -0.1) is 0 Å². The van der Waals surface area contributed by atoms with Crippen molar-refractivity contribution in [1.29, 1.82) is 0 Å². The lowest BCUT2D eigenvalue weighted by Gasteiger charge is -2.15. The molecule has 0 bridgehead atoms. The number of unbranched alkanes of at least 4 members (excludes halogenated alkanes) is 1. The largest absolute Gasteiger partial charge is 0.497 e. The Morgan fingerprint density at radius 3 is 2.76 bits per heavy atom. The highest BCUT2D eigenvalue weighted by molar-refractivity contribution is 5.76. The maximum atomic E-state index is 12.0. The van der Waals surface area contributed by atoms with Gasteiger partial charge in [0.2, 0.25) is 17.6 Å². The van der Waals surface area contributed by atoms with E-state index in [2.05, 4.69) is 22.4 Å². The summed E-state index contributed by atoms with van der Waals surface area (Å²) >= 11 is 0. The quantitative estimate of drug-likeness (QED) is 0.684.